The maximum absolute atomic E-state index is 11.9. The van der Waals surface area contributed by atoms with E-state index >= 15 is 0 Å². The van der Waals surface area contributed by atoms with Crippen molar-refractivity contribution in [3.8, 4) is 0 Å². The van der Waals surface area contributed by atoms with Gasteiger partial charge in [-0.15, -0.1) is 0 Å². The van der Waals surface area contributed by atoms with Gasteiger partial charge in [0.2, 0.25) is 15.9 Å². The molecule has 1 atom stereocenters. The van der Waals surface area contributed by atoms with Crippen molar-refractivity contribution in [2.75, 3.05) is 52.6 Å². The van der Waals surface area contributed by atoms with Gasteiger partial charge in [0.1, 0.15) is 0 Å². The molecule has 1 unspecified atom stereocenters. The van der Waals surface area contributed by atoms with Crippen LogP contribution in [0.1, 0.15) is 6.92 Å². The molecule has 1 fully saturated rings. The molecule has 0 spiro atoms. The largest absolute Gasteiger partial charge is 0.354 e. The summed E-state index contributed by atoms with van der Waals surface area (Å²) >= 11 is 0. The second kappa shape index (κ2) is 7.18. The monoisotopic (exact) mass is 292 g/mol. The Kier molecular flexibility index (Phi) is 6.18. The van der Waals surface area contributed by atoms with Gasteiger partial charge in [0.05, 0.1) is 11.8 Å². The maximum atomic E-state index is 11.9. The van der Waals surface area contributed by atoms with E-state index in [9.17, 15) is 13.2 Å². The molecule has 1 saturated heterocycles. The van der Waals surface area contributed by atoms with Gasteiger partial charge in [-0.1, -0.05) is 0 Å². The Labute approximate surface area is 115 Å². The predicted octanol–water partition coefficient (Wildman–Crippen LogP) is -1.71. The number of rotatable bonds is 6. The molecule has 0 radical (unpaired) electrons. The minimum Gasteiger partial charge on any atom is -0.354 e. The van der Waals surface area contributed by atoms with Crippen molar-refractivity contribution < 1.29 is 13.2 Å². The molecule has 0 aromatic carbocycles. The first-order valence-corrected chi connectivity index (χ1v) is 8.08. The molecule has 19 heavy (non-hydrogen) atoms. The van der Waals surface area contributed by atoms with Gasteiger partial charge in [0.15, 0.2) is 0 Å². The van der Waals surface area contributed by atoms with Crippen LogP contribution >= 0.6 is 0 Å². The summed E-state index contributed by atoms with van der Waals surface area (Å²) in [6, 6.07) is -0.218. The quantitative estimate of drug-likeness (QED) is 0.609. The zero-order valence-electron chi connectivity index (χ0n) is 11.8. The maximum Gasteiger partial charge on any atom is 0.237 e. The third-order valence-electron chi connectivity index (χ3n) is 3.29. The van der Waals surface area contributed by atoms with Gasteiger partial charge in [-0.25, -0.2) is 12.7 Å². The van der Waals surface area contributed by atoms with Crippen molar-refractivity contribution in [1.29, 1.82) is 0 Å². The third kappa shape index (κ3) is 5.06. The fraction of sp³-hybridized carbons (Fsp3) is 0.909. The average molecular weight is 292 g/mol. The molecule has 0 aromatic heterocycles. The van der Waals surface area contributed by atoms with Crippen LogP contribution in [0.3, 0.4) is 0 Å². The highest BCUT2D eigenvalue weighted by molar-refractivity contribution is 7.89. The van der Waals surface area contributed by atoms with Gasteiger partial charge in [-0.3, -0.25) is 9.69 Å². The molecule has 7 nitrogen and oxygen atoms in total. The lowest BCUT2D eigenvalue weighted by Gasteiger charge is -2.31. The summed E-state index contributed by atoms with van der Waals surface area (Å²) in [5.41, 5.74) is 0. The van der Waals surface area contributed by atoms with Crippen LogP contribution in [0, 0.1) is 0 Å². The van der Waals surface area contributed by atoms with Crippen LogP contribution in [0.15, 0.2) is 0 Å². The molecule has 1 heterocycles. The fourth-order valence-electron chi connectivity index (χ4n) is 1.87. The standard InChI is InChI=1S/C11H24N4O3S/c1-10(15-7-4-12-5-8-15)11(16)13-6-9-19(17,18)14(2)3/h10,12H,4-9H2,1-3H3,(H,13,16). The molecule has 0 bridgehead atoms. The summed E-state index contributed by atoms with van der Waals surface area (Å²) in [5, 5.41) is 5.91. The van der Waals surface area contributed by atoms with Crippen LogP contribution in [-0.4, -0.2) is 82.1 Å². The van der Waals surface area contributed by atoms with Crippen LogP contribution in [-0.2, 0) is 14.8 Å². The van der Waals surface area contributed by atoms with Crippen LogP contribution in [0.4, 0.5) is 0 Å². The summed E-state index contributed by atoms with van der Waals surface area (Å²) in [6.45, 7) is 5.44. The third-order valence-corrected chi connectivity index (χ3v) is 5.13. The van der Waals surface area contributed by atoms with Crippen LogP contribution in [0.25, 0.3) is 0 Å². The van der Waals surface area contributed by atoms with E-state index < -0.39 is 10.0 Å². The molecule has 0 aliphatic carbocycles. The topological polar surface area (TPSA) is 81.8 Å². The summed E-state index contributed by atoms with van der Waals surface area (Å²) in [6.07, 6.45) is 0. The first-order chi connectivity index (χ1) is 8.84. The smallest absolute Gasteiger partial charge is 0.237 e. The minimum absolute atomic E-state index is 0.0694. The van der Waals surface area contributed by atoms with E-state index in [2.05, 4.69) is 15.5 Å². The van der Waals surface area contributed by atoms with E-state index in [1.54, 1.807) is 0 Å². The van der Waals surface area contributed by atoms with E-state index in [1.165, 1.54) is 18.4 Å². The van der Waals surface area contributed by atoms with Gasteiger partial charge < -0.3 is 10.6 Å². The molecule has 1 amide bonds. The first-order valence-electron chi connectivity index (χ1n) is 6.47. The molecule has 1 rings (SSSR count). The van der Waals surface area contributed by atoms with E-state index in [1.807, 2.05) is 6.92 Å². The van der Waals surface area contributed by atoms with E-state index in [-0.39, 0.29) is 24.2 Å². The highest BCUT2D eigenvalue weighted by atomic mass is 32.2. The van der Waals surface area contributed by atoms with Gasteiger partial charge >= 0.3 is 0 Å². The number of piperazine rings is 1. The lowest BCUT2D eigenvalue weighted by molar-refractivity contribution is -0.125. The molecule has 1 aliphatic heterocycles. The van der Waals surface area contributed by atoms with Gasteiger partial charge in [-0.2, -0.15) is 0 Å². The molecular weight excluding hydrogens is 268 g/mol. The van der Waals surface area contributed by atoms with Gasteiger partial charge in [0, 0.05) is 46.8 Å². The predicted molar refractivity (Wildman–Crippen MR) is 74.4 cm³/mol. The lowest BCUT2D eigenvalue weighted by atomic mass is 10.2. The Morgan fingerprint density at radius 1 is 1.37 bits per heavy atom. The van der Waals surface area contributed by atoms with Crippen molar-refractivity contribution in [2.45, 2.75) is 13.0 Å². The van der Waals surface area contributed by atoms with Crippen LogP contribution in [0.2, 0.25) is 0 Å². The molecule has 2 N–H and O–H groups in total. The molecule has 112 valence electrons. The number of hydrogen-bond donors (Lipinski definition) is 2. The van der Waals surface area contributed by atoms with E-state index in [0.717, 1.165) is 26.2 Å². The number of amides is 1. The zero-order chi connectivity index (χ0) is 14.5. The minimum atomic E-state index is -3.25. The molecular formula is C11H24N4O3S. The lowest BCUT2D eigenvalue weighted by Crippen LogP contribution is -2.53. The van der Waals surface area contributed by atoms with Gasteiger partial charge in [0.25, 0.3) is 0 Å². The Balaban J connectivity index is 2.34. The Morgan fingerprint density at radius 2 is 1.95 bits per heavy atom. The van der Waals surface area contributed by atoms with E-state index in [4.69, 9.17) is 0 Å². The molecule has 1 aliphatic rings. The van der Waals surface area contributed by atoms with Crippen molar-refractivity contribution in [2.24, 2.45) is 0 Å². The molecule has 0 saturated carbocycles. The number of sulfonamides is 1. The van der Waals surface area contributed by atoms with Gasteiger partial charge in [-0.05, 0) is 6.92 Å². The average Bonchev–Trinajstić information content (AvgIpc) is 2.38. The number of carbonyl (C=O) groups is 1. The number of carbonyl (C=O) groups excluding carboxylic acids is 1. The second-order valence-corrected chi connectivity index (χ2v) is 7.15. The summed E-state index contributed by atoms with van der Waals surface area (Å²) in [7, 11) is -0.276. The summed E-state index contributed by atoms with van der Waals surface area (Å²) in [4.78, 5) is 14.0. The van der Waals surface area contributed by atoms with E-state index in [0.29, 0.717) is 0 Å². The normalized spacial score (nSPS) is 19.4. The second-order valence-electron chi connectivity index (χ2n) is 4.85. The Morgan fingerprint density at radius 3 is 2.47 bits per heavy atom. The van der Waals surface area contributed by atoms with Crippen molar-refractivity contribution in [3.05, 3.63) is 0 Å². The van der Waals surface area contributed by atoms with Crippen molar-refractivity contribution >= 4 is 15.9 Å². The molecule has 0 aromatic rings. The number of hydrogen-bond acceptors (Lipinski definition) is 5. The highest BCUT2D eigenvalue weighted by Gasteiger charge is 2.23. The number of nitrogens with zero attached hydrogens (tertiary/aromatic N) is 2. The highest BCUT2D eigenvalue weighted by Crippen LogP contribution is 2.01. The summed E-state index contributed by atoms with van der Waals surface area (Å²) in [5.74, 6) is -0.184. The van der Waals surface area contributed by atoms with Crippen molar-refractivity contribution in [3.63, 3.8) is 0 Å². The molecule has 8 heteroatoms. The zero-order valence-corrected chi connectivity index (χ0v) is 12.7. The summed E-state index contributed by atoms with van der Waals surface area (Å²) < 4.78 is 24.2. The first kappa shape index (κ1) is 16.4. The Hall–Kier alpha value is -0.700. The number of nitrogens with one attached hydrogen (secondary N) is 2. The van der Waals surface area contributed by atoms with Crippen LogP contribution in [0.5, 0.6) is 0 Å². The SMILES string of the molecule is CC(C(=O)NCCS(=O)(=O)N(C)C)N1CCNCC1. The van der Waals surface area contributed by atoms with Crippen molar-refractivity contribution in [1.82, 2.24) is 19.8 Å². The fourth-order valence-corrected chi connectivity index (χ4v) is 2.59. The Bertz CT molecular complexity index is 391. The van der Waals surface area contributed by atoms with Crippen LogP contribution < -0.4 is 10.6 Å².